The highest BCUT2D eigenvalue weighted by molar-refractivity contribution is 7.90. The molecule has 0 unspecified atom stereocenters. The maximum Gasteiger partial charge on any atom is 0.338 e. The summed E-state index contributed by atoms with van der Waals surface area (Å²) in [6, 6.07) is 11.0. The summed E-state index contributed by atoms with van der Waals surface area (Å²) < 4.78 is 33.5. The molecular formula is C26H29N3O7S. The lowest BCUT2D eigenvalue weighted by molar-refractivity contribution is 0.0495. The van der Waals surface area contributed by atoms with Crippen molar-refractivity contribution < 1.29 is 33.0 Å². The van der Waals surface area contributed by atoms with Crippen molar-refractivity contribution in [2.75, 3.05) is 11.9 Å². The zero-order valence-electron chi connectivity index (χ0n) is 20.4. The van der Waals surface area contributed by atoms with Crippen LogP contribution >= 0.6 is 0 Å². The minimum atomic E-state index is -4.06. The Labute approximate surface area is 214 Å². The van der Waals surface area contributed by atoms with Crippen LogP contribution < -0.4 is 10.0 Å². The van der Waals surface area contributed by atoms with Crippen LogP contribution in [0.4, 0.5) is 10.5 Å². The number of esters is 1. The molecule has 3 aromatic rings. The van der Waals surface area contributed by atoms with Crippen molar-refractivity contribution in [3.05, 3.63) is 70.8 Å². The molecule has 0 aliphatic heterocycles. The van der Waals surface area contributed by atoms with Crippen molar-refractivity contribution in [2.24, 2.45) is 0 Å². The van der Waals surface area contributed by atoms with Gasteiger partial charge in [0, 0.05) is 23.4 Å². The smallest absolute Gasteiger partial charge is 0.338 e. The lowest BCUT2D eigenvalue weighted by Gasteiger charge is -2.10. The third-order valence-electron chi connectivity index (χ3n) is 6.19. The van der Waals surface area contributed by atoms with Gasteiger partial charge in [-0.3, -0.25) is 4.57 Å². The molecule has 1 aliphatic carbocycles. The number of hydrogen-bond donors (Lipinski definition) is 4. The van der Waals surface area contributed by atoms with Crippen LogP contribution in [0.3, 0.4) is 0 Å². The first kappa shape index (κ1) is 26.1. The maximum atomic E-state index is 12.5. The number of aromatic nitrogens is 1. The Kier molecular flexibility index (Phi) is 7.72. The van der Waals surface area contributed by atoms with Gasteiger partial charge in [-0.05, 0) is 69.4 Å². The number of sulfonamides is 1. The van der Waals surface area contributed by atoms with Crippen LogP contribution in [0.1, 0.15) is 46.3 Å². The molecule has 11 heteroatoms. The molecule has 1 aliphatic rings. The van der Waals surface area contributed by atoms with Gasteiger partial charge in [-0.25, -0.2) is 22.7 Å². The topological polar surface area (TPSA) is 147 Å². The first-order valence-electron chi connectivity index (χ1n) is 12.0. The number of ether oxygens (including phenoxy) is 1. The van der Waals surface area contributed by atoms with Gasteiger partial charge < -0.3 is 20.3 Å². The van der Waals surface area contributed by atoms with E-state index >= 15 is 0 Å². The van der Waals surface area contributed by atoms with E-state index in [2.05, 4.69) is 5.32 Å². The van der Waals surface area contributed by atoms with Gasteiger partial charge in [-0.1, -0.05) is 23.8 Å². The fourth-order valence-electron chi connectivity index (χ4n) is 4.29. The Bertz CT molecular complexity index is 1380. The van der Waals surface area contributed by atoms with Crippen LogP contribution in [0.5, 0.6) is 11.8 Å². The van der Waals surface area contributed by atoms with Crippen molar-refractivity contribution in [2.45, 2.75) is 50.5 Å². The van der Waals surface area contributed by atoms with E-state index < -0.39 is 22.0 Å². The number of urea groups is 1. The van der Waals surface area contributed by atoms with Gasteiger partial charge in [0.2, 0.25) is 0 Å². The number of carbonyl (C=O) groups is 2. The molecule has 1 heterocycles. The molecule has 0 radical (unpaired) electrons. The number of nitrogens with zero attached hydrogens (tertiary/aromatic N) is 1. The second kappa shape index (κ2) is 11.0. The number of carbonyl (C=O) groups excluding carboxylic acids is 2. The third-order valence-corrected chi connectivity index (χ3v) is 7.54. The Balaban J connectivity index is 1.29. The molecule has 4 rings (SSSR count). The third kappa shape index (κ3) is 6.05. The molecule has 0 saturated carbocycles. The summed E-state index contributed by atoms with van der Waals surface area (Å²) >= 11 is 0. The van der Waals surface area contributed by atoms with Crippen LogP contribution in [-0.4, -0.2) is 41.8 Å². The standard InChI is InChI=1S/C26H29N3O7S/c1-17-10-12-20(13-11-17)37(34,35)28-26(33)27-19-7-4-6-18(16-19)25(32)36-15-5-14-29-23(30)21-8-2-3-9-22(21)24(29)31/h4,6-7,10-13,16,30-31H,2-3,5,8-9,14-15H2,1H3,(H2,27,28,33). The molecule has 0 fully saturated rings. The number of rotatable bonds is 8. The van der Waals surface area contributed by atoms with Crippen LogP contribution in [0.2, 0.25) is 0 Å². The second-order valence-electron chi connectivity index (χ2n) is 8.91. The first-order chi connectivity index (χ1) is 17.7. The molecule has 4 N–H and O–H groups in total. The number of fused-ring (bicyclic) bond motifs is 1. The molecule has 37 heavy (non-hydrogen) atoms. The zero-order chi connectivity index (χ0) is 26.6. The minimum absolute atomic E-state index is 0.0488. The summed E-state index contributed by atoms with van der Waals surface area (Å²) in [5.41, 5.74) is 2.84. The maximum absolute atomic E-state index is 12.5. The number of aryl methyl sites for hydroxylation is 1. The SMILES string of the molecule is Cc1ccc(S(=O)(=O)NC(=O)Nc2cccc(C(=O)OCCCn3c(O)c4c(c3O)CCCC4)c2)cc1. The van der Waals surface area contributed by atoms with E-state index in [1.165, 1.54) is 41.0 Å². The van der Waals surface area contributed by atoms with E-state index in [0.717, 1.165) is 42.4 Å². The average molecular weight is 528 g/mol. The van der Waals surface area contributed by atoms with Gasteiger partial charge in [0.25, 0.3) is 10.0 Å². The second-order valence-corrected chi connectivity index (χ2v) is 10.6. The summed E-state index contributed by atoms with van der Waals surface area (Å²) in [7, 11) is -4.06. The Morgan fingerprint density at radius 3 is 2.30 bits per heavy atom. The quantitative estimate of drug-likeness (QED) is 0.257. The molecule has 0 saturated heterocycles. The van der Waals surface area contributed by atoms with Crippen molar-refractivity contribution in [1.29, 1.82) is 0 Å². The normalized spacial score (nSPS) is 13.0. The monoisotopic (exact) mass is 527 g/mol. The van der Waals surface area contributed by atoms with Crippen molar-refractivity contribution in [3.8, 4) is 11.8 Å². The summed E-state index contributed by atoms with van der Waals surface area (Å²) in [6.07, 6.45) is 3.78. The summed E-state index contributed by atoms with van der Waals surface area (Å²) in [5, 5.41) is 23.2. The zero-order valence-corrected chi connectivity index (χ0v) is 21.2. The molecule has 196 valence electrons. The summed E-state index contributed by atoms with van der Waals surface area (Å²) in [5.74, 6) is -0.489. The Morgan fingerprint density at radius 1 is 1.00 bits per heavy atom. The molecule has 1 aromatic heterocycles. The highest BCUT2D eigenvalue weighted by Gasteiger charge is 2.24. The predicted molar refractivity (Wildman–Crippen MR) is 136 cm³/mol. The number of amides is 2. The highest BCUT2D eigenvalue weighted by Crippen LogP contribution is 2.38. The van der Waals surface area contributed by atoms with Gasteiger partial charge in [0.05, 0.1) is 17.1 Å². The molecule has 2 amide bonds. The van der Waals surface area contributed by atoms with Crippen LogP contribution in [0.15, 0.2) is 53.4 Å². The van der Waals surface area contributed by atoms with Crippen LogP contribution in [0, 0.1) is 6.92 Å². The molecule has 0 bridgehead atoms. The Morgan fingerprint density at radius 2 is 1.65 bits per heavy atom. The lowest BCUT2D eigenvalue weighted by Crippen LogP contribution is -2.34. The van der Waals surface area contributed by atoms with Crippen molar-refractivity contribution in [3.63, 3.8) is 0 Å². The number of hydrogen-bond acceptors (Lipinski definition) is 7. The van der Waals surface area contributed by atoms with Gasteiger partial charge >= 0.3 is 12.0 Å². The van der Waals surface area contributed by atoms with Gasteiger partial charge in [-0.2, -0.15) is 0 Å². The van der Waals surface area contributed by atoms with Crippen LogP contribution in [0.25, 0.3) is 0 Å². The fourth-order valence-corrected chi connectivity index (χ4v) is 5.19. The highest BCUT2D eigenvalue weighted by atomic mass is 32.2. The largest absolute Gasteiger partial charge is 0.494 e. The number of nitrogens with one attached hydrogen (secondary N) is 2. The summed E-state index contributed by atoms with van der Waals surface area (Å²) in [4.78, 5) is 24.7. The average Bonchev–Trinajstić information content (AvgIpc) is 3.11. The molecule has 10 nitrogen and oxygen atoms in total. The first-order valence-corrected chi connectivity index (χ1v) is 13.4. The van der Waals surface area contributed by atoms with E-state index in [9.17, 15) is 28.2 Å². The molecule has 2 aromatic carbocycles. The minimum Gasteiger partial charge on any atom is -0.494 e. The molecule has 0 spiro atoms. The summed E-state index contributed by atoms with van der Waals surface area (Å²) in [6.45, 7) is 2.15. The van der Waals surface area contributed by atoms with Crippen molar-refractivity contribution in [1.82, 2.24) is 9.29 Å². The van der Waals surface area contributed by atoms with Crippen molar-refractivity contribution >= 4 is 27.7 Å². The van der Waals surface area contributed by atoms with E-state index in [1.807, 2.05) is 11.6 Å². The van der Waals surface area contributed by atoms with E-state index in [0.29, 0.717) is 6.42 Å². The van der Waals surface area contributed by atoms with E-state index in [-0.39, 0.29) is 41.1 Å². The van der Waals surface area contributed by atoms with Gasteiger partial charge in [0.1, 0.15) is 0 Å². The Hall–Kier alpha value is -3.99. The number of anilines is 1. The van der Waals surface area contributed by atoms with Gasteiger partial charge in [-0.15, -0.1) is 0 Å². The van der Waals surface area contributed by atoms with E-state index in [4.69, 9.17) is 4.74 Å². The van der Waals surface area contributed by atoms with Gasteiger partial charge in [0.15, 0.2) is 11.8 Å². The fraction of sp³-hybridized carbons (Fsp3) is 0.308. The predicted octanol–water partition coefficient (Wildman–Crippen LogP) is 3.84. The number of benzene rings is 2. The van der Waals surface area contributed by atoms with E-state index in [1.54, 1.807) is 12.1 Å². The molecular weight excluding hydrogens is 498 g/mol. The lowest BCUT2D eigenvalue weighted by atomic mass is 9.95. The molecule has 0 atom stereocenters. The number of aromatic hydroxyl groups is 2. The van der Waals surface area contributed by atoms with Crippen LogP contribution in [-0.2, 0) is 34.1 Å².